The molecule has 0 atom stereocenters. The molecule has 0 aliphatic heterocycles. The van der Waals surface area contributed by atoms with Gasteiger partial charge in [0.25, 0.3) is 0 Å². The third-order valence-electron chi connectivity index (χ3n) is 0.800. The average molecular weight is 140 g/mol. The molecular formula is C6H8N2S. The summed E-state index contributed by atoms with van der Waals surface area (Å²) >= 11 is 1.62. The molecule has 2 nitrogen and oxygen atoms in total. The van der Waals surface area contributed by atoms with E-state index in [1.165, 1.54) is 0 Å². The highest BCUT2D eigenvalue weighted by atomic mass is 32.2. The van der Waals surface area contributed by atoms with Gasteiger partial charge in [0.15, 0.2) is 0 Å². The van der Waals surface area contributed by atoms with Crippen LogP contribution in [0.2, 0.25) is 0 Å². The molecule has 3 heteroatoms. The number of rotatable bonds is 3. The Balaban J connectivity index is 3.38. The van der Waals surface area contributed by atoms with Crippen molar-refractivity contribution in [2.75, 3.05) is 11.5 Å². The van der Waals surface area contributed by atoms with E-state index in [0.717, 1.165) is 5.75 Å². The molecule has 0 bridgehead atoms. The van der Waals surface area contributed by atoms with Crippen LogP contribution in [0.5, 0.6) is 0 Å². The molecule has 0 aliphatic carbocycles. The predicted molar refractivity (Wildman–Crippen MR) is 37.7 cm³/mol. The summed E-state index contributed by atoms with van der Waals surface area (Å²) in [5.41, 5.74) is 0. The van der Waals surface area contributed by atoms with E-state index in [1.54, 1.807) is 11.8 Å². The van der Waals surface area contributed by atoms with Crippen molar-refractivity contribution in [3.63, 3.8) is 0 Å². The van der Waals surface area contributed by atoms with Crippen LogP contribution in [0, 0.1) is 28.6 Å². The van der Waals surface area contributed by atoms with Crippen molar-refractivity contribution in [1.29, 1.82) is 10.5 Å². The molecule has 0 saturated heterocycles. The lowest BCUT2D eigenvalue weighted by Gasteiger charge is -1.94. The fraction of sp³-hybridized carbons (Fsp3) is 0.667. The van der Waals surface area contributed by atoms with Gasteiger partial charge in [-0.1, -0.05) is 6.92 Å². The van der Waals surface area contributed by atoms with Crippen molar-refractivity contribution in [2.45, 2.75) is 6.92 Å². The van der Waals surface area contributed by atoms with Crippen LogP contribution in [0.3, 0.4) is 0 Å². The van der Waals surface area contributed by atoms with E-state index in [4.69, 9.17) is 10.5 Å². The van der Waals surface area contributed by atoms with Crippen molar-refractivity contribution in [3.05, 3.63) is 0 Å². The fourth-order valence-electron chi connectivity index (χ4n) is 0.339. The second-order valence-corrected chi connectivity index (χ2v) is 2.79. The lowest BCUT2D eigenvalue weighted by atomic mass is 10.2. The highest BCUT2D eigenvalue weighted by Gasteiger charge is 2.02. The van der Waals surface area contributed by atoms with E-state index in [1.807, 2.05) is 19.1 Å². The van der Waals surface area contributed by atoms with Gasteiger partial charge in [-0.2, -0.15) is 22.3 Å². The van der Waals surface area contributed by atoms with Gasteiger partial charge in [-0.3, -0.25) is 0 Å². The molecule has 0 unspecified atom stereocenters. The third-order valence-corrected chi connectivity index (χ3v) is 1.78. The van der Waals surface area contributed by atoms with Gasteiger partial charge in [-0.15, -0.1) is 0 Å². The van der Waals surface area contributed by atoms with Gasteiger partial charge >= 0.3 is 0 Å². The van der Waals surface area contributed by atoms with Crippen LogP contribution < -0.4 is 0 Å². The Morgan fingerprint density at radius 3 is 2.33 bits per heavy atom. The SMILES string of the molecule is CCSCC(C#N)C#N. The minimum Gasteiger partial charge on any atom is -0.197 e. The average Bonchev–Trinajstić information content (AvgIpc) is 1.91. The Kier molecular flexibility index (Phi) is 5.06. The van der Waals surface area contributed by atoms with Crippen LogP contribution in [-0.2, 0) is 0 Å². The van der Waals surface area contributed by atoms with Gasteiger partial charge in [0.1, 0.15) is 5.92 Å². The smallest absolute Gasteiger partial charge is 0.142 e. The maximum atomic E-state index is 8.27. The van der Waals surface area contributed by atoms with Crippen molar-refractivity contribution in [1.82, 2.24) is 0 Å². The molecule has 0 aromatic carbocycles. The lowest BCUT2D eigenvalue weighted by molar-refractivity contribution is 0.988. The Morgan fingerprint density at radius 1 is 1.44 bits per heavy atom. The zero-order valence-electron chi connectivity index (χ0n) is 5.29. The van der Waals surface area contributed by atoms with E-state index >= 15 is 0 Å². The highest BCUT2D eigenvalue weighted by molar-refractivity contribution is 7.99. The number of hydrogen-bond acceptors (Lipinski definition) is 3. The summed E-state index contributed by atoms with van der Waals surface area (Å²) in [6.45, 7) is 2.01. The van der Waals surface area contributed by atoms with Gasteiger partial charge in [0.2, 0.25) is 0 Å². The van der Waals surface area contributed by atoms with E-state index in [0.29, 0.717) is 5.75 Å². The highest BCUT2D eigenvalue weighted by Crippen LogP contribution is 2.05. The monoisotopic (exact) mass is 140 g/mol. The standard InChI is InChI=1S/C6H8N2S/c1-2-9-5-6(3-7)4-8/h6H,2,5H2,1H3. The third kappa shape index (κ3) is 3.88. The van der Waals surface area contributed by atoms with E-state index in [9.17, 15) is 0 Å². The van der Waals surface area contributed by atoms with Gasteiger partial charge in [-0.25, -0.2) is 0 Å². The predicted octanol–water partition coefficient (Wildman–Crippen LogP) is 1.40. The van der Waals surface area contributed by atoms with Crippen molar-refractivity contribution >= 4 is 11.8 Å². The first-order valence-electron chi connectivity index (χ1n) is 2.72. The molecule has 0 aromatic heterocycles. The molecule has 0 saturated carbocycles. The first-order valence-corrected chi connectivity index (χ1v) is 3.87. The van der Waals surface area contributed by atoms with Crippen molar-refractivity contribution < 1.29 is 0 Å². The maximum Gasteiger partial charge on any atom is 0.142 e. The summed E-state index contributed by atoms with van der Waals surface area (Å²) in [5, 5.41) is 16.5. The maximum absolute atomic E-state index is 8.27. The number of nitriles is 2. The van der Waals surface area contributed by atoms with Crippen LogP contribution in [0.25, 0.3) is 0 Å². The quantitative estimate of drug-likeness (QED) is 0.595. The molecule has 0 radical (unpaired) electrons. The second-order valence-electron chi connectivity index (χ2n) is 1.47. The Bertz CT molecular complexity index is 128. The Morgan fingerprint density at radius 2 is 2.00 bits per heavy atom. The molecule has 0 aliphatic rings. The molecule has 0 fully saturated rings. The minimum absolute atomic E-state index is 0.421. The van der Waals surface area contributed by atoms with Crippen molar-refractivity contribution in [3.8, 4) is 12.1 Å². The van der Waals surface area contributed by atoms with Crippen LogP contribution in [0.1, 0.15) is 6.92 Å². The van der Waals surface area contributed by atoms with Gasteiger partial charge in [-0.05, 0) is 5.75 Å². The molecule has 0 rings (SSSR count). The summed E-state index contributed by atoms with van der Waals surface area (Å²) in [6.07, 6.45) is 0. The lowest BCUT2D eigenvalue weighted by Crippen LogP contribution is -1.95. The Hall–Kier alpha value is -0.670. The Labute approximate surface area is 59.5 Å². The van der Waals surface area contributed by atoms with Crippen LogP contribution >= 0.6 is 11.8 Å². The van der Waals surface area contributed by atoms with Crippen LogP contribution in [-0.4, -0.2) is 11.5 Å². The molecule has 0 heterocycles. The molecule has 0 amide bonds. The van der Waals surface area contributed by atoms with Gasteiger partial charge < -0.3 is 0 Å². The van der Waals surface area contributed by atoms with E-state index < -0.39 is 5.92 Å². The fourth-order valence-corrected chi connectivity index (χ4v) is 0.960. The second kappa shape index (κ2) is 5.47. The number of thioether (sulfide) groups is 1. The van der Waals surface area contributed by atoms with Crippen LogP contribution in [0.4, 0.5) is 0 Å². The summed E-state index contributed by atoms with van der Waals surface area (Å²) in [6, 6.07) is 3.81. The first kappa shape index (κ1) is 8.33. The number of hydrogen-bond donors (Lipinski definition) is 0. The van der Waals surface area contributed by atoms with Crippen LogP contribution in [0.15, 0.2) is 0 Å². The van der Waals surface area contributed by atoms with Gasteiger partial charge in [0, 0.05) is 5.75 Å². The van der Waals surface area contributed by atoms with Crippen molar-refractivity contribution in [2.24, 2.45) is 5.92 Å². The largest absolute Gasteiger partial charge is 0.197 e. The van der Waals surface area contributed by atoms with Gasteiger partial charge in [0.05, 0.1) is 12.1 Å². The van der Waals surface area contributed by atoms with E-state index in [2.05, 4.69) is 0 Å². The molecule has 48 valence electrons. The summed E-state index contributed by atoms with van der Waals surface area (Å²) in [7, 11) is 0. The molecule has 0 spiro atoms. The summed E-state index contributed by atoms with van der Waals surface area (Å²) < 4.78 is 0. The zero-order valence-corrected chi connectivity index (χ0v) is 6.11. The first-order chi connectivity index (χ1) is 4.35. The summed E-state index contributed by atoms with van der Waals surface area (Å²) in [4.78, 5) is 0. The topological polar surface area (TPSA) is 47.6 Å². The number of nitrogens with zero attached hydrogens (tertiary/aromatic N) is 2. The minimum atomic E-state index is -0.421. The van der Waals surface area contributed by atoms with E-state index in [-0.39, 0.29) is 0 Å². The molecule has 0 aromatic rings. The molecular weight excluding hydrogens is 132 g/mol. The summed E-state index contributed by atoms with van der Waals surface area (Å²) in [5.74, 6) is 1.19. The normalized spacial score (nSPS) is 8.44. The zero-order chi connectivity index (χ0) is 7.11. The molecule has 9 heavy (non-hydrogen) atoms. The molecule has 0 N–H and O–H groups in total.